The number of sulfonamides is 1. The van der Waals surface area contributed by atoms with Gasteiger partial charge in [0, 0.05) is 19.2 Å². The largest absolute Gasteiger partial charge is 0.376 e. The van der Waals surface area contributed by atoms with Gasteiger partial charge in [0.1, 0.15) is 10.7 Å². The molecule has 0 aliphatic carbocycles. The van der Waals surface area contributed by atoms with Crippen LogP contribution in [-0.4, -0.2) is 45.0 Å². The lowest BCUT2D eigenvalue weighted by Gasteiger charge is -2.27. The summed E-state index contributed by atoms with van der Waals surface area (Å²) in [5.74, 6) is -1.38. The third kappa shape index (κ3) is 3.22. The standard InChI is InChI=1S/C13H17FN2O4S/c1-8-11(5-6-20-8)16(2)13(17)9-3-4-10(14)12(7-9)21(15,18)19/h3-4,7-8,11H,5-6H2,1-2H3,(H2,15,18,19). The van der Waals surface area contributed by atoms with Crippen molar-refractivity contribution in [3.05, 3.63) is 29.6 Å². The average Bonchev–Trinajstić information content (AvgIpc) is 2.82. The fraction of sp³-hybridized carbons (Fsp3) is 0.462. The molecule has 0 aromatic heterocycles. The number of amides is 1. The van der Waals surface area contributed by atoms with Crippen LogP contribution in [0.3, 0.4) is 0 Å². The predicted molar refractivity (Wildman–Crippen MR) is 73.7 cm³/mol. The molecule has 1 heterocycles. The van der Waals surface area contributed by atoms with Crippen molar-refractivity contribution in [1.29, 1.82) is 0 Å². The topological polar surface area (TPSA) is 89.7 Å². The van der Waals surface area contributed by atoms with E-state index in [1.54, 1.807) is 7.05 Å². The molecule has 2 unspecified atom stereocenters. The predicted octanol–water partition coefficient (Wildman–Crippen LogP) is 0.723. The second-order valence-corrected chi connectivity index (χ2v) is 6.57. The molecule has 1 aromatic carbocycles. The third-order valence-electron chi connectivity index (χ3n) is 3.64. The van der Waals surface area contributed by atoms with Gasteiger partial charge in [-0.25, -0.2) is 17.9 Å². The quantitative estimate of drug-likeness (QED) is 0.890. The van der Waals surface area contributed by atoms with Gasteiger partial charge in [0.15, 0.2) is 0 Å². The lowest BCUT2D eigenvalue weighted by molar-refractivity contribution is 0.0574. The molecule has 0 spiro atoms. The molecule has 0 saturated carbocycles. The summed E-state index contributed by atoms with van der Waals surface area (Å²) in [7, 11) is -2.61. The fourth-order valence-electron chi connectivity index (χ4n) is 2.44. The van der Waals surface area contributed by atoms with Crippen molar-refractivity contribution in [3.8, 4) is 0 Å². The molecule has 1 aromatic rings. The minimum atomic E-state index is -4.22. The van der Waals surface area contributed by atoms with Crippen molar-refractivity contribution in [2.75, 3.05) is 13.7 Å². The summed E-state index contributed by atoms with van der Waals surface area (Å²) in [6.45, 7) is 2.43. The zero-order chi connectivity index (χ0) is 15.8. The molecule has 1 amide bonds. The summed E-state index contributed by atoms with van der Waals surface area (Å²) in [4.78, 5) is 13.2. The van der Waals surface area contributed by atoms with E-state index in [2.05, 4.69) is 0 Å². The van der Waals surface area contributed by atoms with Crippen LogP contribution in [0.5, 0.6) is 0 Å². The molecular weight excluding hydrogens is 299 g/mol. The zero-order valence-electron chi connectivity index (χ0n) is 11.7. The highest BCUT2D eigenvalue weighted by molar-refractivity contribution is 7.89. The highest BCUT2D eigenvalue weighted by Crippen LogP contribution is 2.22. The molecule has 2 N–H and O–H groups in total. The Kier molecular flexibility index (Phi) is 4.31. The van der Waals surface area contributed by atoms with E-state index in [0.29, 0.717) is 13.0 Å². The molecule has 1 aliphatic heterocycles. The molecule has 2 rings (SSSR count). The summed E-state index contributed by atoms with van der Waals surface area (Å²) >= 11 is 0. The number of ether oxygens (including phenoxy) is 1. The second kappa shape index (κ2) is 5.70. The van der Waals surface area contributed by atoms with Crippen LogP contribution >= 0.6 is 0 Å². The van der Waals surface area contributed by atoms with E-state index < -0.39 is 26.6 Å². The van der Waals surface area contributed by atoms with Gasteiger partial charge < -0.3 is 9.64 Å². The maximum absolute atomic E-state index is 13.5. The van der Waals surface area contributed by atoms with Crippen LogP contribution in [0.1, 0.15) is 23.7 Å². The first kappa shape index (κ1) is 15.9. The molecule has 0 radical (unpaired) electrons. The van der Waals surface area contributed by atoms with Crippen LogP contribution in [0.2, 0.25) is 0 Å². The molecule has 8 heteroatoms. The number of rotatable bonds is 3. The maximum atomic E-state index is 13.5. The zero-order valence-corrected chi connectivity index (χ0v) is 12.6. The van der Waals surface area contributed by atoms with Gasteiger partial charge in [0.25, 0.3) is 5.91 Å². The summed E-state index contributed by atoms with van der Waals surface area (Å²) in [6.07, 6.45) is 0.601. The van der Waals surface area contributed by atoms with Gasteiger partial charge in [-0.15, -0.1) is 0 Å². The Morgan fingerprint density at radius 1 is 1.48 bits per heavy atom. The lowest BCUT2D eigenvalue weighted by Crippen LogP contribution is -2.41. The molecule has 21 heavy (non-hydrogen) atoms. The van der Waals surface area contributed by atoms with Crippen molar-refractivity contribution in [1.82, 2.24) is 4.90 Å². The highest BCUT2D eigenvalue weighted by atomic mass is 32.2. The molecule has 1 fully saturated rings. The van der Waals surface area contributed by atoms with E-state index >= 15 is 0 Å². The number of hydrogen-bond donors (Lipinski definition) is 1. The number of primary sulfonamides is 1. The van der Waals surface area contributed by atoms with Crippen molar-refractivity contribution in [2.45, 2.75) is 30.4 Å². The van der Waals surface area contributed by atoms with Crippen molar-refractivity contribution < 1.29 is 22.3 Å². The Hall–Kier alpha value is -1.51. The van der Waals surface area contributed by atoms with Gasteiger partial charge in [-0.1, -0.05) is 0 Å². The van der Waals surface area contributed by atoms with Gasteiger partial charge in [-0.05, 0) is 31.5 Å². The molecular formula is C13H17FN2O4S. The molecule has 0 bridgehead atoms. The van der Waals surface area contributed by atoms with E-state index in [4.69, 9.17) is 9.88 Å². The number of likely N-dealkylation sites (N-methyl/N-ethyl adjacent to an activating group) is 1. The van der Waals surface area contributed by atoms with E-state index in [0.717, 1.165) is 12.1 Å². The first-order valence-electron chi connectivity index (χ1n) is 6.43. The number of carbonyl (C=O) groups excluding carboxylic acids is 1. The van der Waals surface area contributed by atoms with Gasteiger partial charge in [-0.2, -0.15) is 0 Å². The smallest absolute Gasteiger partial charge is 0.253 e. The second-order valence-electron chi connectivity index (χ2n) is 5.04. The Morgan fingerprint density at radius 2 is 2.14 bits per heavy atom. The van der Waals surface area contributed by atoms with Crippen LogP contribution in [0, 0.1) is 5.82 Å². The molecule has 116 valence electrons. The first-order valence-corrected chi connectivity index (χ1v) is 7.97. The summed E-state index contributed by atoms with van der Waals surface area (Å²) in [5.41, 5.74) is 0.0713. The molecule has 6 nitrogen and oxygen atoms in total. The average molecular weight is 316 g/mol. The normalized spacial score (nSPS) is 22.3. The molecule has 1 aliphatic rings. The Balaban J connectivity index is 2.32. The van der Waals surface area contributed by atoms with Gasteiger partial charge in [0.2, 0.25) is 10.0 Å². The number of nitrogens with zero attached hydrogens (tertiary/aromatic N) is 1. The Labute approximate surface area is 122 Å². The molecule has 1 saturated heterocycles. The SMILES string of the molecule is CC1OCCC1N(C)C(=O)c1ccc(F)c(S(N)(=O)=O)c1. The van der Waals surface area contributed by atoms with Crippen LogP contribution in [0.25, 0.3) is 0 Å². The van der Waals surface area contributed by atoms with Crippen LogP contribution in [0.15, 0.2) is 23.1 Å². The van der Waals surface area contributed by atoms with Crippen molar-refractivity contribution >= 4 is 15.9 Å². The Bertz CT molecular complexity index is 662. The number of nitrogens with two attached hydrogens (primary N) is 1. The van der Waals surface area contributed by atoms with Crippen LogP contribution < -0.4 is 5.14 Å². The monoisotopic (exact) mass is 316 g/mol. The van der Waals surface area contributed by atoms with Crippen LogP contribution in [-0.2, 0) is 14.8 Å². The van der Waals surface area contributed by atoms with Gasteiger partial charge in [-0.3, -0.25) is 4.79 Å². The third-order valence-corrected chi connectivity index (χ3v) is 4.56. The minimum Gasteiger partial charge on any atom is -0.376 e. The highest BCUT2D eigenvalue weighted by Gasteiger charge is 2.31. The minimum absolute atomic E-state index is 0.0713. The van der Waals surface area contributed by atoms with E-state index in [1.807, 2.05) is 6.92 Å². The fourth-order valence-corrected chi connectivity index (χ4v) is 3.07. The number of benzene rings is 1. The van der Waals surface area contributed by atoms with Crippen molar-refractivity contribution in [3.63, 3.8) is 0 Å². The van der Waals surface area contributed by atoms with E-state index in [1.165, 1.54) is 11.0 Å². The summed E-state index contributed by atoms with van der Waals surface area (Å²) in [6, 6.07) is 3.03. The number of carbonyl (C=O) groups is 1. The lowest BCUT2D eigenvalue weighted by atomic mass is 10.1. The number of halogens is 1. The van der Waals surface area contributed by atoms with E-state index in [9.17, 15) is 17.6 Å². The first-order chi connectivity index (χ1) is 9.71. The van der Waals surface area contributed by atoms with Gasteiger partial charge >= 0.3 is 0 Å². The van der Waals surface area contributed by atoms with Gasteiger partial charge in [0.05, 0.1) is 12.1 Å². The van der Waals surface area contributed by atoms with Crippen LogP contribution in [0.4, 0.5) is 4.39 Å². The molecule has 2 atom stereocenters. The number of hydrogen-bond acceptors (Lipinski definition) is 4. The summed E-state index contributed by atoms with van der Waals surface area (Å²) in [5, 5.41) is 4.93. The Morgan fingerprint density at radius 3 is 2.67 bits per heavy atom. The summed E-state index contributed by atoms with van der Waals surface area (Å²) < 4.78 is 41.5. The van der Waals surface area contributed by atoms with Crippen molar-refractivity contribution in [2.24, 2.45) is 5.14 Å². The van der Waals surface area contributed by atoms with E-state index in [-0.39, 0.29) is 17.7 Å². The maximum Gasteiger partial charge on any atom is 0.253 e.